The average Bonchev–Trinajstić information content (AvgIpc) is 2.40. The molecule has 0 bridgehead atoms. The fraction of sp³-hybridized carbons (Fsp3) is 0. The number of hydrogen-bond acceptors (Lipinski definition) is 2. The maximum atomic E-state index is 8.97. The number of rotatable bonds is 2. The van der Waals surface area contributed by atoms with E-state index < -0.39 is 0 Å². The molecule has 2 aromatic carbocycles. The van der Waals surface area contributed by atoms with Crippen molar-refractivity contribution < 1.29 is 0 Å². The van der Waals surface area contributed by atoms with Gasteiger partial charge < -0.3 is 0 Å². The van der Waals surface area contributed by atoms with Crippen molar-refractivity contribution in [1.29, 1.82) is 5.26 Å². The Morgan fingerprint density at radius 2 is 1.35 bits per heavy atom. The lowest BCUT2D eigenvalue weighted by Gasteiger charge is -1.99. The second-order valence-corrected chi connectivity index (χ2v) is 3.33. The third-order valence-electron chi connectivity index (χ3n) is 2.08. The van der Waals surface area contributed by atoms with Crippen LogP contribution in [0.5, 0.6) is 0 Å². The Morgan fingerprint density at radius 1 is 0.824 bits per heavy atom. The summed E-state index contributed by atoms with van der Waals surface area (Å²) >= 11 is 0. The van der Waals surface area contributed by atoms with E-state index in [1.165, 1.54) is 0 Å². The number of aliphatic imine (C=N–C) groups is 1. The molecule has 1 radical (unpaired) electrons. The van der Waals surface area contributed by atoms with Crippen LogP contribution in [0.2, 0.25) is 0 Å². The van der Waals surface area contributed by atoms with E-state index in [1.807, 2.05) is 66.7 Å². The second-order valence-electron chi connectivity index (χ2n) is 3.33. The molecule has 0 saturated carbocycles. The topological polar surface area (TPSA) is 50.2 Å². The summed E-state index contributed by atoms with van der Waals surface area (Å²) in [4.78, 5) is 4.16. The molecule has 0 unspecified atom stereocenters. The highest BCUT2D eigenvalue weighted by atomic mass is 15.0. The molecule has 0 atom stereocenters. The minimum absolute atomic E-state index is 0.155. The summed E-state index contributed by atoms with van der Waals surface area (Å²) in [5, 5.41) is 13.1. The molecule has 2 rings (SSSR count). The van der Waals surface area contributed by atoms with E-state index in [9.17, 15) is 0 Å². The molecule has 0 N–H and O–H groups in total. The van der Waals surface area contributed by atoms with Gasteiger partial charge in [-0.2, -0.15) is 5.26 Å². The van der Waals surface area contributed by atoms with Gasteiger partial charge >= 0.3 is 0 Å². The summed E-state index contributed by atoms with van der Waals surface area (Å²) in [6.45, 7) is 0. The maximum Gasteiger partial charge on any atom is 0.233 e. The third-order valence-corrected chi connectivity index (χ3v) is 2.08. The summed E-state index contributed by atoms with van der Waals surface area (Å²) < 4.78 is 0. The molecule has 0 saturated heterocycles. The van der Waals surface area contributed by atoms with Crippen LogP contribution in [0.4, 0.5) is 11.4 Å². The predicted octanol–water partition coefficient (Wildman–Crippen LogP) is 3.18. The Kier molecular flexibility index (Phi) is 3.51. The molecule has 3 nitrogen and oxygen atoms in total. The van der Waals surface area contributed by atoms with Crippen molar-refractivity contribution in [2.45, 2.75) is 0 Å². The number of nitriles is 1. The number of amidine groups is 1. The Morgan fingerprint density at radius 3 is 1.88 bits per heavy atom. The first-order chi connectivity index (χ1) is 8.38. The standard InChI is InChI=1S/C14H10N3/c15-11-14(16-12-7-3-1-4-8-12)17-13-9-5-2-6-10-13/h1-10H. The van der Waals surface area contributed by atoms with E-state index >= 15 is 0 Å². The van der Waals surface area contributed by atoms with Crippen LogP contribution in [-0.4, -0.2) is 5.84 Å². The monoisotopic (exact) mass is 220 g/mol. The van der Waals surface area contributed by atoms with Crippen LogP contribution >= 0.6 is 0 Å². The predicted molar refractivity (Wildman–Crippen MR) is 67.4 cm³/mol. The van der Waals surface area contributed by atoms with Crippen molar-refractivity contribution in [3.05, 3.63) is 60.7 Å². The molecule has 0 heterocycles. The zero-order valence-corrected chi connectivity index (χ0v) is 9.12. The molecule has 0 aromatic heterocycles. The van der Waals surface area contributed by atoms with Crippen LogP contribution in [0.3, 0.4) is 0 Å². The number of benzene rings is 2. The maximum absolute atomic E-state index is 8.97. The summed E-state index contributed by atoms with van der Waals surface area (Å²) in [6, 6.07) is 20.6. The van der Waals surface area contributed by atoms with Gasteiger partial charge in [-0.1, -0.05) is 36.4 Å². The largest absolute Gasteiger partial charge is 0.233 e. The van der Waals surface area contributed by atoms with Gasteiger partial charge in [0.2, 0.25) is 5.84 Å². The highest BCUT2D eigenvalue weighted by molar-refractivity contribution is 6.00. The fourth-order valence-electron chi connectivity index (χ4n) is 1.32. The highest BCUT2D eigenvalue weighted by Gasteiger charge is 2.00. The quantitative estimate of drug-likeness (QED) is 0.566. The van der Waals surface area contributed by atoms with Crippen LogP contribution in [0.1, 0.15) is 0 Å². The molecule has 0 spiro atoms. The Balaban J connectivity index is 2.19. The first kappa shape index (κ1) is 10.9. The first-order valence-electron chi connectivity index (χ1n) is 5.19. The molecule has 0 aliphatic heterocycles. The van der Waals surface area contributed by atoms with E-state index in [4.69, 9.17) is 5.26 Å². The van der Waals surface area contributed by atoms with Crippen molar-refractivity contribution in [3.8, 4) is 6.07 Å². The van der Waals surface area contributed by atoms with E-state index in [0.717, 1.165) is 11.4 Å². The first-order valence-corrected chi connectivity index (χ1v) is 5.19. The van der Waals surface area contributed by atoms with Crippen molar-refractivity contribution in [3.63, 3.8) is 0 Å². The zero-order chi connectivity index (χ0) is 11.9. The van der Waals surface area contributed by atoms with Gasteiger partial charge in [0.25, 0.3) is 0 Å². The number of hydrogen-bond donors (Lipinski definition) is 0. The Hall–Kier alpha value is -2.60. The van der Waals surface area contributed by atoms with Crippen molar-refractivity contribution in [2.75, 3.05) is 0 Å². The normalized spacial score (nSPS) is 10.6. The van der Waals surface area contributed by atoms with Gasteiger partial charge in [-0.25, -0.2) is 10.3 Å². The number of para-hydroxylation sites is 2. The van der Waals surface area contributed by atoms with Crippen molar-refractivity contribution >= 4 is 17.2 Å². The van der Waals surface area contributed by atoms with Gasteiger partial charge in [0.05, 0.1) is 11.4 Å². The van der Waals surface area contributed by atoms with Crippen LogP contribution in [0.25, 0.3) is 0 Å². The van der Waals surface area contributed by atoms with Gasteiger partial charge in [0.15, 0.2) is 0 Å². The second kappa shape index (κ2) is 5.47. The van der Waals surface area contributed by atoms with Crippen LogP contribution in [0.15, 0.2) is 65.7 Å². The van der Waals surface area contributed by atoms with E-state index in [1.54, 1.807) is 0 Å². The lowest BCUT2D eigenvalue weighted by Crippen LogP contribution is -2.07. The van der Waals surface area contributed by atoms with Crippen LogP contribution in [0, 0.1) is 11.3 Å². The van der Waals surface area contributed by atoms with E-state index in [0.29, 0.717) is 0 Å². The zero-order valence-electron chi connectivity index (χ0n) is 9.12. The minimum Gasteiger partial charge on any atom is -0.220 e. The summed E-state index contributed by atoms with van der Waals surface area (Å²) in [5.74, 6) is 0.155. The Bertz CT molecular complexity index is 539. The summed E-state index contributed by atoms with van der Waals surface area (Å²) in [7, 11) is 0. The molecule has 0 aliphatic rings. The third kappa shape index (κ3) is 3.18. The van der Waals surface area contributed by atoms with E-state index in [2.05, 4.69) is 10.3 Å². The molecule has 81 valence electrons. The van der Waals surface area contributed by atoms with Crippen molar-refractivity contribution in [1.82, 2.24) is 5.32 Å². The van der Waals surface area contributed by atoms with Crippen molar-refractivity contribution in [2.24, 2.45) is 4.99 Å². The summed E-state index contributed by atoms with van der Waals surface area (Å²) in [6.07, 6.45) is 0. The van der Waals surface area contributed by atoms with Gasteiger partial charge in [0, 0.05) is 0 Å². The molecule has 0 fully saturated rings. The molecule has 0 amide bonds. The SMILES string of the molecule is N#CC([N]c1ccccc1)=Nc1ccccc1. The molecule has 3 heteroatoms. The molecule has 2 aromatic rings. The summed E-state index contributed by atoms with van der Waals surface area (Å²) in [5.41, 5.74) is 1.45. The number of nitrogens with zero attached hydrogens (tertiary/aromatic N) is 3. The van der Waals surface area contributed by atoms with Gasteiger partial charge in [0.1, 0.15) is 6.07 Å². The van der Waals surface area contributed by atoms with Gasteiger partial charge in [-0.3, -0.25) is 0 Å². The minimum atomic E-state index is 0.155. The highest BCUT2D eigenvalue weighted by Crippen LogP contribution is 2.11. The van der Waals surface area contributed by atoms with E-state index in [-0.39, 0.29) is 5.84 Å². The average molecular weight is 220 g/mol. The Labute approximate surface area is 100 Å². The molecule has 17 heavy (non-hydrogen) atoms. The van der Waals surface area contributed by atoms with Crippen LogP contribution in [-0.2, 0) is 0 Å². The fourth-order valence-corrected chi connectivity index (χ4v) is 1.32. The smallest absolute Gasteiger partial charge is 0.220 e. The lowest BCUT2D eigenvalue weighted by atomic mass is 10.3. The molecule has 0 aliphatic carbocycles. The van der Waals surface area contributed by atoms with Gasteiger partial charge in [-0.05, 0) is 24.3 Å². The lowest BCUT2D eigenvalue weighted by molar-refractivity contribution is 1.24. The van der Waals surface area contributed by atoms with Crippen LogP contribution < -0.4 is 5.32 Å². The molecular weight excluding hydrogens is 210 g/mol. The molecular formula is C14H10N3. The van der Waals surface area contributed by atoms with Gasteiger partial charge in [-0.15, -0.1) is 0 Å².